The summed E-state index contributed by atoms with van der Waals surface area (Å²) in [4.78, 5) is 4.27. The van der Waals surface area contributed by atoms with Gasteiger partial charge in [-0.15, -0.1) is 6.58 Å². The van der Waals surface area contributed by atoms with Crippen molar-refractivity contribution in [1.82, 2.24) is 5.32 Å². The fraction of sp³-hybridized carbons (Fsp3) is 0.308. The van der Waals surface area contributed by atoms with Gasteiger partial charge in [-0.05, 0) is 12.1 Å². The van der Waals surface area contributed by atoms with Crippen molar-refractivity contribution in [2.75, 3.05) is 13.1 Å². The van der Waals surface area contributed by atoms with Crippen LogP contribution in [0.1, 0.15) is 6.42 Å². The summed E-state index contributed by atoms with van der Waals surface area (Å²) in [7, 11) is 0. The number of nitrogens with one attached hydrogen (secondary N) is 1. The van der Waals surface area contributed by atoms with Crippen LogP contribution < -0.4 is 10.1 Å². The summed E-state index contributed by atoms with van der Waals surface area (Å²) in [5, 5.41) is 3.41. The number of ether oxygens (including phenoxy) is 1. The van der Waals surface area contributed by atoms with Gasteiger partial charge in [-0.2, -0.15) is 0 Å². The summed E-state index contributed by atoms with van der Waals surface area (Å²) in [5.74, 6) is 0.0646. The Morgan fingerprint density at radius 1 is 1.53 bits per heavy atom. The minimum absolute atomic E-state index is 0.0579. The maximum atomic E-state index is 13.8. The van der Waals surface area contributed by atoms with E-state index >= 15 is 0 Å². The van der Waals surface area contributed by atoms with E-state index in [-0.39, 0.29) is 15.8 Å². The highest BCUT2D eigenvalue weighted by Crippen LogP contribution is 2.35. The topological polar surface area (TPSA) is 33.6 Å². The number of nitrogens with zero attached hydrogens (tertiary/aromatic N) is 1. The lowest BCUT2D eigenvalue weighted by atomic mass is 10.2. The molecule has 0 saturated carbocycles. The number of hydrogen-bond acceptors (Lipinski definition) is 3. The van der Waals surface area contributed by atoms with Crippen LogP contribution in [0, 0.1) is 5.82 Å². The summed E-state index contributed by atoms with van der Waals surface area (Å²) < 4.78 is 19.4. The average molecular weight is 303 g/mol. The van der Waals surface area contributed by atoms with Crippen molar-refractivity contribution in [2.24, 2.45) is 4.99 Å². The third kappa shape index (κ3) is 3.19. The highest BCUT2D eigenvalue weighted by Gasteiger charge is 2.23. The summed E-state index contributed by atoms with van der Waals surface area (Å²) >= 11 is 11.8. The van der Waals surface area contributed by atoms with Gasteiger partial charge in [-0.1, -0.05) is 29.3 Å². The first-order valence-electron chi connectivity index (χ1n) is 5.82. The molecule has 6 heteroatoms. The predicted molar refractivity (Wildman–Crippen MR) is 76.0 cm³/mol. The maximum Gasteiger partial charge on any atom is 0.176 e. The summed E-state index contributed by atoms with van der Waals surface area (Å²) in [6.45, 7) is 5.09. The molecule has 1 unspecified atom stereocenters. The van der Waals surface area contributed by atoms with Gasteiger partial charge in [0, 0.05) is 13.0 Å². The van der Waals surface area contributed by atoms with Gasteiger partial charge in [0.25, 0.3) is 0 Å². The van der Waals surface area contributed by atoms with Gasteiger partial charge in [0.2, 0.25) is 0 Å². The molecule has 1 aliphatic rings. The lowest BCUT2D eigenvalue weighted by Gasteiger charge is -2.19. The SMILES string of the molecule is C=CCC(Oc1c(F)ccc(Cl)c1Cl)C1=NCCN1. The lowest BCUT2D eigenvalue weighted by Crippen LogP contribution is -2.35. The number of halogens is 3. The van der Waals surface area contributed by atoms with Crippen molar-refractivity contribution in [3.05, 3.63) is 40.7 Å². The van der Waals surface area contributed by atoms with Crippen LogP contribution in [0.3, 0.4) is 0 Å². The molecular formula is C13H13Cl2FN2O. The first-order valence-corrected chi connectivity index (χ1v) is 6.58. The standard InChI is InChI=1S/C13H13Cl2FN2O/c1-2-3-10(13-17-6-7-18-13)19-12-9(16)5-4-8(14)11(12)15/h2,4-5,10H,1,3,6-7H2,(H,17,18). The van der Waals surface area contributed by atoms with Crippen LogP contribution >= 0.6 is 23.2 Å². The Hall–Kier alpha value is -1.26. The Labute approximate surface area is 121 Å². The van der Waals surface area contributed by atoms with Crippen molar-refractivity contribution in [3.63, 3.8) is 0 Å². The van der Waals surface area contributed by atoms with Gasteiger partial charge >= 0.3 is 0 Å². The van der Waals surface area contributed by atoms with E-state index in [9.17, 15) is 4.39 Å². The molecule has 102 valence electrons. The molecule has 0 spiro atoms. The molecule has 0 saturated heterocycles. The Bertz CT molecular complexity index is 520. The number of aliphatic imine (C=N–C) groups is 1. The molecule has 0 aliphatic carbocycles. The Morgan fingerprint density at radius 2 is 2.32 bits per heavy atom. The quantitative estimate of drug-likeness (QED) is 0.667. The van der Waals surface area contributed by atoms with E-state index in [1.165, 1.54) is 12.1 Å². The summed E-state index contributed by atoms with van der Waals surface area (Å²) in [6.07, 6.45) is 1.74. The predicted octanol–water partition coefficient (Wildman–Crippen LogP) is 3.46. The van der Waals surface area contributed by atoms with Gasteiger partial charge in [0.05, 0.1) is 11.6 Å². The van der Waals surface area contributed by atoms with Crippen molar-refractivity contribution in [2.45, 2.75) is 12.5 Å². The second kappa shape index (κ2) is 6.26. The number of amidine groups is 1. The first-order chi connectivity index (χ1) is 9.13. The van der Waals surface area contributed by atoms with Crippen LogP contribution in [0.25, 0.3) is 0 Å². The van der Waals surface area contributed by atoms with Crippen LogP contribution in [0.5, 0.6) is 5.75 Å². The van der Waals surface area contributed by atoms with Crippen LogP contribution in [-0.2, 0) is 0 Å². The van der Waals surface area contributed by atoms with E-state index in [2.05, 4.69) is 16.9 Å². The van der Waals surface area contributed by atoms with E-state index in [0.717, 1.165) is 6.54 Å². The van der Waals surface area contributed by atoms with E-state index in [0.29, 0.717) is 18.8 Å². The average Bonchev–Trinajstić information content (AvgIpc) is 2.92. The monoisotopic (exact) mass is 302 g/mol. The van der Waals surface area contributed by atoms with Gasteiger partial charge < -0.3 is 10.1 Å². The first kappa shape index (κ1) is 14.2. The zero-order valence-corrected chi connectivity index (χ0v) is 11.6. The zero-order chi connectivity index (χ0) is 13.8. The molecule has 19 heavy (non-hydrogen) atoms. The number of benzene rings is 1. The maximum absolute atomic E-state index is 13.8. The van der Waals surface area contributed by atoms with Gasteiger partial charge in [0.1, 0.15) is 10.9 Å². The van der Waals surface area contributed by atoms with Gasteiger partial charge in [-0.3, -0.25) is 4.99 Å². The smallest absolute Gasteiger partial charge is 0.176 e. The minimum atomic E-state index is -0.554. The Balaban J connectivity index is 2.26. The van der Waals surface area contributed by atoms with E-state index in [4.69, 9.17) is 27.9 Å². The number of rotatable bonds is 5. The van der Waals surface area contributed by atoms with Crippen molar-refractivity contribution in [3.8, 4) is 5.75 Å². The minimum Gasteiger partial charge on any atom is -0.478 e. The van der Waals surface area contributed by atoms with E-state index < -0.39 is 11.9 Å². The summed E-state index contributed by atoms with van der Waals surface area (Å²) in [6, 6.07) is 2.61. The molecule has 1 atom stereocenters. The molecule has 0 fully saturated rings. The molecule has 1 aromatic carbocycles. The van der Waals surface area contributed by atoms with Crippen molar-refractivity contribution >= 4 is 29.0 Å². The molecule has 0 bridgehead atoms. The van der Waals surface area contributed by atoms with Crippen LogP contribution in [0.15, 0.2) is 29.8 Å². The zero-order valence-electron chi connectivity index (χ0n) is 10.1. The van der Waals surface area contributed by atoms with Crippen LogP contribution in [-0.4, -0.2) is 25.0 Å². The van der Waals surface area contributed by atoms with E-state index in [1.54, 1.807) is 6.08 Å². The fourth-order valence-electron chi connectivity index (χ4n) is 1.76. The molecule has 1 N–H and O–H groups in total. The lowest BCUT2D eigenvalue weighted by molar-refractivity contribution is 0.255. The van der Waals surface area contributed by atoms with Gasteiger partial charge in [-0.25, -0.2) is 4.39 Å². The molecule has 1 heterocycles. The molecule has 0 amide bonds. The largest absolute Gasteiger partial charge is 0.478 e. The second-order valence-corrected chi connectivity index (χ2v) is 4.78. The highest BCUT2D eigenvalue weighted by atomic mass is 35.5. The second-order valence-electron chi connectivity index (χ2n) is 4.00. The number of hydrogen-bond donors (Lipinski definition) is 1. The molecule has 1 aromatic rings. The van der Waals surface area contributed by atoms with Crippen LogP contribution in [0.4, 0.5) is 4.39 Å². The molecule has 2 rings (SSSR count). The third-order valence-electron chi connectivity index (χ3n) is 2.65. The van der Waals surface area contributed by atoms with Crippen molar-refractivity contribution < 1.29 is 9.13 Å². The van der Waals surface area contributed by atoms with E-state index in [1.807, 2.05) is 0 Å². The van der Waals surface area contributed by atoms with Crippen LogP contribution in [0.2, 0.25) is 10.0 Å². The normalized spacial score (nSPS) is 15.6. The Morgan fingerprint density at radius 3 is 2.95 bits per heavy atom. The van der Waals surface area contributed by atoms with Gasteiger partial charge in [0.15, 0.2) is 17.7 Å². The molecule has 0 aromatic heterocycles. The molecule has 0 radical (unpaired) electrons. The summed E-state index contributed by atoms with van der Waals surface area (Å²) in [5.41, 5.74) is 0. The fourth-order valence-corrected chi connectivity index (χ4v) is 2.10. The molecule has 1 aliphatic heterocycles. The Kier molecular flexibility index (Phi) is 4.66. The van der Waals surface area contributed by atoms with Crippen molar-refractivity contribution in [1.29, 1.82) is 0 Å². The third-order valence-corrected chi connectivity index (χ3v) is 3.43. The molecule has 3 nitrogen and oxygen atoms in total. The highest BCUT2D eigenvalue weighted by molar-refractivity contribution is 6.42. The molecular weight excluding hydrogens is 290 g/mol.